The molecule has 42 heavy (non-hydrogen) atoms. The van der Waals surface area contributed by atoms with Gasteiger partial charge in [0.2, 0.25) is 5.91 Å². The van der Waals surface area contributed by atoms with Crippen molar-refractivity contribution in [2.75, 3.05) is 29.9 Å². The van der Waals surface area contributed by atoms with E-state index in [1.165, 1.54) is 11.8 Å². The van der Waals surface area contributed by atoms with Gasteiger partial charge in [-0.2, -0.15) is 0 Å². The molecule has 1 fully saturated rings. The van der Waals surface area contributed by atoms with Gasteiger partial charge in [0, 0.05) is 55.0 Å². The van der Waals surface area contributed by atoms with Crippen molar-refractivity contribution in [2.24, 2.45) is 0 Å². The first-order valence-electron chi connectivity index (χ1n) is 14.4. The lowest BCUT2D eigenvalue weighted by Crippen LogP contribution is -2.33. The third-order valence-corrected chi connectivity index (χ3v) is 8.30. The van der Waals surface area contributed by atoms with E-state index in [-0.39, 0.29) is 30.1 Å². The lowest BCUT2D eigenvalue weighted by atomic mass is 9.96. The second-order valence-electron chi connectivity index (χ2n) is 10.4. The molecule has 3 heterocycles. The van der Waals surface area contributed by atoms with Gasteiger partial charge in [0.05, 0.1) is 23.5 Å². The number of nitrogens with zero attached hydrogens (tertiary/aromatic N) is 4. The molecule has 0 aliphatic carbocycles. The van der Waals surface area contributed by atoms with E-state index in [4.69, 9.17) is 12.2 Å². The fraction of sp³-hybridized carbons (Fsp3) is 0.303. The maximum atomic E-state index is 14.1. The number of hydrogen-bond donors (Lipinski definition) is 2. The van der Waals surface area contributed by atoms with Crippen LogP contribution in [0, 0.1) is 19.7 Å². The number of halogens is 1. The Kier molecular flexibility index (Phi) is 8.87. The SMILES string of the molecule is CCN(CC)c1ccc(-n2c(C)cc(C3C(c4ccccn4)NC(=S)N3CCC(=O)Nc3ccccc3F)c2C)cc1. The van der Waals surface area contributed by atoms with E-state index in [1.807, 2.05) is 18.2 Å². The first-order valence-corrected chi connectivity index (χ1v) is 14.8. The summed E-state index contributed by atoms with van der Waals surface area (Å²) < 4.78 is 16.4. The Morgan fingerprint density at radius 3 is 2.43 bits per heavy atom. The molecule has 2 aromatic carbocycles. The van der Waals surface area contributed by atoms with E-state index in [1.54, 1.807) is 24.4 Å². The molecular weight excluding hydrogens is 547 g/mol. The van der Waals surface area contributed by atoms with Crippen LogP contribution in [0.3, 0.4) is 0 Å². The fourth-order valence-electron chi connectivity index (χ4n) is 5.87. The maximum Gasteiger partial charge on any atom is 0.226 e. The molecule has 4 aromatic rings. The highest BCUT2D eigenvalue weighted by atomic mass is 32.1. The van der Waals surface area contributed by atoms with Crippen molar-refractivity contribution in [1.29, 1.82) is 0 Å². The first-order chi connectivity index (χ1) is 20.3. The van der Waals surface area contributed by atoms with E-state index >= 15 is 0 Å². The zero-order valence-corrected chi connectivity index (χ0v) is 25.3. The monoisotopic (exact) mass is 584 g/mol. The molecule has 218 valence electrons. The normalized spacial score (nSPS) is 16.4. The van der Waals surface area contributed by atoms with Gasteiger partial charge in [-0.3, -0.25) is 9.78 Å². The molecule has 0 saturated carbocycles. The summed E-state index contributed by atoms with van der Waals surface area (Å²) in [6.07, 6.45) is 1.93. The third kappa shape index (κ3) is 5.87. The summed E-state index contributed by atoms with van der Waals surface area (Å²) in [4.78, 5) is 21.9. The minimum absolute atomic E-state index is 0.146. The minimum atomic E-state index is -0.463. The summed E-state index contributed by atoms with van der Waals surface area (Å²) >= 11 is 5.82. The van der Waals surface area contributed by atoms with E-state index in [9.17, 15) is 9.18 Å². The molecular formula is C33H37FN6OS. The minimum Gasteiger partial charge on any atom is -0.372 e. The van der Waals surface area contributed by atoms with Crippen molar-refractivity contribution in [3.05, 3.63) is 107 Å². The smallest absolute Gasteiger partial charge is 0.226 e. The molecule has 2 atom stereocenters. The first kappa shape index (κ1) is 29.3. The number of para-hydroxylation sites is 1. The number of nitrogens with one attached hydrogen (secondary N) is 2. The Labute approximate surface area is 252 Å². The number of hydrogen-bond acceptors (Lipinski definition) is 4. The lowest BCUT2D eigenvalue weighted by Gasteiger charge is -2.28. The number of carbonyl (C=O) groups is 1. The van der Waals surface area contributed by atoms with Crippen LogP contribution in [0.25, 0.3) is 5.69 Å². The summed E-state index contributed by atoms with van der Waals surface area (Å²) in [5.74, 6) is -0.739. The molecule has 0 bridgehead atoms. The van der Waals surface area contributed by atoms with Crippen LogP contribution in [0.4, 0.5) is 15.8 Å². The highest BCUT2D eigenvalue weighted by Crippen LogP contribution is 2.41. The van der Waals surface area contributed by atoms with Gasteiger partial charge in [0.25, 0.3) is 0 Å². The Hall–Kier alpha value is -4.24. The Morgan fingerprint density at radius 2 is 1.76 bits per heavy atom. The van der Waals surface area contributed by atoms with Gasteiger partial charge < -0.3 is 25.0 Å². The third-order valence-electron chi connectivity index (χ3n) is 7.95. The molecule has 0 spiro atoms. The van der Waals surface area contributed by atoms with E-state index in [0.717, 1.165) is 41.4 Å². The van der Waals surface area contributed by atoms with Crippen LogP contribution in [0.15, 0.2) is 79.0 Å². The summed E-state index contributed by atoms with van der Waals surface area (Å²) in [6.45, 7) is 10.8. The summed E-state index contributed by atoms with van der Waals surface area (Å²) in [7, 11) is 0. The second kappa shape index (κ2) is 12.7. The number of amides is 1. The van der Waals surface area contributed by atoms with Crippen LogP contribution in [0.5, 0.6) is 0 Å². The predicted octanol–water partition coefficient (Wildman–Crippen LogP) is 6.48. The number of aromatic nitrogens is 2. The molecule has 1 saturated heterocycles. The van der Waals surface area contributed by atoms with Crippen LogP contribution in [0.1, 0.15) is 55.0 Å². The lowest BCUT2D eigenvalue weighted by molar-refractivity contribution is -0.116. The average Bonchev–Trinajstić information content (AvgIpc) is 3.48. The van der Waals surface area contributed by atoms with Gasteiger partial charge >= 0.3 is 0 Å². The van der Waals surface area contributed by atoms with E-state index in [0.29, 0.717) is 11.7 Å². The second-order valence-corrected chi connectivity index (χ2v) is 10.8. The van der Waals surface area contributed by atoms with Crippen molar-refractivity contribution >= 4 is 34.6 Å². The van der Waals surface area contributed by atoms with Gasteiger partial charge in [-0.15, -0.1) is 0 Å². The van der Waals surface area contributed by atoms with E-state index < -0.39 is 5.82 Å². The van der Waals surface area contributed by atoms with E-state index in [2.05, 4.69) is 88.0 Å². The van der Waals surface area contributed by atoms with Crippen LogP contribution < -0.4 is 15.5 Å². The number of anilines is 2. The quantitative estimate of drug-likeness (QED) is 0.208. The fourth-order valence-corrected chi connectivity index (χ4v) is 6.20. The molecule has 1 aliphatic heterocycles. The number of aryl methyl sites for hydroxylation is 1. The highest BCUT2D eigenvalue weighted by Gasteiger charge is 2.41. The highest BCUT2D eigenvalue weighted by molar-refractivity contribution is 7.80. The molecule has 9 heteroatoms. The topological polar surface area (TPSA) is 65.4 Å². The number of carbonyl (C=O) groups excluding carboxylic acids is 1. The molecule has 2 aromatic heterocycles. The Balaban J connectivity index is 1.46. The van der Waals surface area contributed by atoms with Crippen LogP contribution in [-0.4, -0.2) is 45.1 Å². The maximum absolute atomic E-state index is 14.1. The van der Waals surface area contributed by atoms with Crippen LogP contribution in [-0.2, 0) is 4.79 Å². The van der Waals surface area contributed by atoms with Crippen molar-refractivity contribution < 1.29 is 9.18 Å². The number of rotatable bonds is 10. The van der Waals surface area contributed by atoms with Gasteiger partial charge in [-0.05, 0) is 100 Å². The van der Waals surface area contributed by atoms with Crippen LogP contribution >= 0.6 is 12.2 Å². The van der Waals surface area contributed by atoms with Gasteiger partial charge in [0.15, 0.2) is 5.11 Å². The Morgan fingerprint density at radius 1 is 1.05 bits per heavy atom. The van der Waals surface area contributed by atoms with Crippen molar-refractivity contribution in [2.45, 2.75) is 46.2 Å². The standard InChI is InChI=1S/C33H37FN6OS/c1-5-38(6-2)24-14-16-25(17-15-24)40-22(3)21-26(23(40)4)32-31(29-13-9-10-19-35-29)37-33(42)39(32)20-18-30(41)36-28-12-8-7-11-27(28)34/h7-17,19,21,31-32H,5-6,18,20H2,1-4H3,(H,36,41)(H,37,42). The molecule has 1 aliphatic rings. The largest absolute Gasteiger partial charge is 0.372 e. The Bertz CT molecular complexity index is 1550. The summed E-state index contributed by atoms with van der Waals surface area (Å²) in [6, 6.07) is 22.5. The number of pyridine rings is 1. The number of benzene rings is 2. The van der Waals surface area contributed by atoms with Crippen LogP contribution in [0.2, 0.25) is 0 Å². The van der Waals surface area contributed by atoms with Crippen molar-refractivity contribution in [3.63, 3.8) is 0 Å². The average molecular weight is 585 g/mol. The molecule has 1 amide bonds. The molecule has 7 nitrogen and oxygen atoms in total. The van der Waals surface area contributed by atoms with Crippen molar-refractivity contribution in [1.82, 2.24) is 19.8 Å². The zero-order chi connectivity index (χ0) is 29.8. The molecule has 5 rings (SSSR count). The van der Waals surface area contributed by atoms with Gasteiger partial charge in [-0.1, -0.05) is 18.2 Å². The zero-order valence-electron chi connectivity index (χ0n) is 24.5. The molecule has 0 radical (unpaired) electrons. The number of thiocarbonyl (C=S) groups is 1. The summed E-state index contributed by atoms with van der Waals surface area (Å²) in [5.41, 5.74) is 6.64. The summed E-state index contributed by atoms with van der Waals surface area (Å²) in [5, 5.41) is 6.72. The predicted molar refractivity (Wildman–Crippen MR) is 171 cm³/mol. The van der Waals surface area contributed by atoms with Crippen molar-refractivity contribution in [3.8, 4) is 5.69 Å². The van der Waals surface area contributed by atoms with Gasteiger partial charge in [-0.25, -0.2) is 4.39 Å². The molecule has 2 unspecified atom stereocenters. The van der Waals surface area contributed by atoms with Gasteiger partial charge in [0.1, 0.15) is 5.82 Å². The molecule has 2 N–H and O–H groups in total.